The molecule has 0 aliphatic heterocycles. The van der Waals surface area contributed by atoms with Crippen LogP contribution in [0, 0.1) is 13.8 Å². The first-order valence-corrected chi connectivity index (χ1v) is 7.52. The van der Waals surface area contributed by atoms with Crippen molar-refractivity contribution in [2.45, 2.75) is 57.9 Å². The molecule has 3 nitrogen and oxygen atoms in total. The van der Waals surface area contributed by atoms with Crippen molar-refractivity contribution in [3.05, 3.63) is 17.0 Å². The average molecular weight is 254 g/mol. The van der Waals surface area contributed by atoms with E-state index in [2.05, 4.69) is 29.2 Å². The third-order valence-corrected chi connectivity index (χ3v) is 4.77. The Bertz CT molecular complexity index is 345. The summed E-state index contributed by atoms with van der Waals surface area (Å²) in [6.07, 6.45) is 3.97. The summed E-state index contributed by atoms with van der Waals surface area (Å²) in [7, 11) is 0. The van der Waals surface area contributed by atoms with Gasteiger partial charge < -0.3 is 9.84 Å². The first-order valence-electron chi connectivity index (χ1n) is 6.47. The van der Waals surface area contributed by atoms with Crippen molar-refractivity contribution < 1.29 is 4.52 Å². The van der Waals surface area contributed by atoms with E-state index in [1.54, 1.807) is 0 Å². The smallest absolute Gasteiger partial charge is 0.138 e. The summed E-state index contributed by atoms with van der Waals surface area (Å²) in [5.74, 6) is 2.19. The van der Waals surface area contributed by atoms with Crippen LogP contribution in [0.4, 0.5) is 0 Å². The van der Waals surface area contributed by atoms with Gasteiger partial charge >= 0.3 is 0 Å². The average Bonchev–Trinajstić information content (AvgIpc) is 2.86. The predicted molar refractivity (Wildman–Crippen MR) is 72.4 cm³/mol. The highest BCUT2D eigenvalue weighted by Crippen LogP contribution is 2.30. The van der Waals surface area contributed by atoms with E-state index in [0.29, 0.717) is 6.04 Å². The quantitative estimate of drug-likeness (QED) is 0.876. The van der Waals surface area contributed by atoms with Crippen molar-refractivity contribution in [3.63, 3.8) is 0 Å². The van der Waals surface area contributed by atoms with Crippen LogP contribution in [0.25, 0.3) is 0 Å². The highest BCUT2D eigenvalue weighted by Gasteiger charge is 2.24. The Morgan fingerprint density at radius 2 is 2.24 bits per heavy atom. The molecule has 2 unspecified atom stereocenters. The van der Waals surface area contributed by atoms with Crippen LogP contribution in [0.5, 0.6) is 0 Å². The van der Waals surface area contributed by atoms with Gasteiger partial charge in [-0.25, -0.2) is 0 Å². The lowest BCUT2D eigenvalue weighted by Gasteiger charge is -2.12. The Morgan fingerprint density at radius 1 is 1.41 bits per heavy atom. The lowest BCUT2D eigenvalue weighted by molar-refractivity contribution is 0.391. The van der Waals surface area contributed by atoms with E-state index in [4.69, 9.17) is 4.52 Å². The second-order valence-corrected chi connectivity index (χ2v) is 6.35. The highest BCUT2D eigenvalue weighted by molar-refractivity contribution is 7.99. The molecule has 1 N–H and O–H groups in total. The lowest BCUT2D eigenvalue weighted by atomic mass is 10.2. The van der Waals surface area contributed by atoms with Crippen LogP contribution in [0.15, 0.2) is 4.52 Å². The second kappa shape index (κ2) is 5.91. The molecule has 0 radical (unpaired) electrons. The Hall–Kier alpha value is -0.480. The molecule has 1 aromatic heterocycles. The van der Waals surface area contributed by atoms with Crippen molar-refractivity contribution in [1.82, 2.24) is 10.5 Å². The maximum Gasteiger partial charge on any atom is 0.138 e. The molecule has 4 heteroatoms. The van der Waals surface area contributed by atoms with Crippen LogP contribution in [-0.4, -0.2) is 22.2 Å². The fraction of sp³-hybridized carbons (Fsp3) is 0.769. The lowest BCUT2D eigenvalue weighted by Crippen LogP contribution is -2.26. The molecule has 1 aliphatic rings. The molecular weight excluding hydrogens is 232 g/mol. The Morgan fingerprint density at radius 3 is 2.88 bits per heavy atom. The Kier molecular flexibility index (Phi) is 4.51. The monoisotopic (exact) mass is 254 g/mol. The minimum absolute atomic E-state index is 0.674. The van der Waals surface area contributed by atoms with Gasteiger partial charge in [0.15, 0.2) is 0 Å². The third-order valence-electron chi connectivity index (χ3n) is 3.54. The van der Waals surface area contributed by atoms with E-state index in [-0.39, 0.29) is 0 Å². The van der Waals surface area contributed by atoms with Crippen molar-refractivity contribution in [3.8, 4) is 0 Å². The zero-order valence-corrected chi connectivity index (χ0v) is 11.8. The number of nitrogens with zero attached hydrogens (tertiary/aromatic N) is 1. The molecule has 1 aliphatic carbocycles. The van der Waals surface area contributed by atoms with Crippen molar-refractivity contribution in [2.75, 3.05) is 5.75 Å². The topological polar surface area (TPSA) is 38.1 Å². The Balaban J connectivity index is 1.80. The number of hydrogen-bond acceptors (Lipinski definition) is 4. The first-order chi connectivity index (χ1) is 8.20. The first kappa shape index (κ1) is 13.0. The highest BCUT2D eigenvalue weighted by atomic mass is 32.2. The van der Waals surface area contributed by atoms with Crippen LogP contribution in [0.1, 0.15) is 43.2 Å². The van der Waals surface area contributed by atoms with Crippen LogP contribution in [0.2, 0.25) is 0 Å². The molecule has 0 saturated heterocycles. The summed E-state index contributed by atoms with van der Waals surface area (Å²) in [6.45, 7) is 7.14. The number of hydrogen-bond donors (Lipinski definition) is 1. The van der Waals surface area contributed by atoms with E-state index in [1.165, 1.54) is 30.6 Å². The van der Waals surface area contributed by atoms with Crippen LogP contribution >= 0.6 is 11.8 Å². The van der Waals surface area contributed by atoms with Gasteiger partial charge in [-0.15, -0.1) is 0 Å². The molecule has 0 amide bonds. The van der Waals surface area contributed by atoms with Gasteiger partial charge in [0.25, 0.3) is 0 Å². The molecule has 2 rings (SSSR count). The molecule has 17 heavy (non-hydrogen) atoms. The van der Waals surface area contributed by atoms with E-state index < -0.39 is 0 Å². The van der Waals surface area contributed by atoms with Crippen LogP contribution in [0.3, 0.4) is 0 Å². The minimum atomic E-state index is 0.674. The standard InChI is InChI=1S/C13H22N2OS/c1-4-17-12-6-5-11(7-12)14-8-13-9(2)15-16-10(13)3/h11-12,14H,4-8H2,1-3H3. The summed E-state index contributed by atoms with van der Waals surface area (Å²) >= 11 is 2.10. The maximum absolute atomic E-state index is 5.18. The van der Waals surface area contributed by atoms with Crippen LogP contribution in [-0.2, 0) is 6.54 Å². The van der Waals surface area contributed by atoms with Gasteiger partial charge in [-0.2, -0.15) is 11.8 Å². The van der Waals surface area contributed by atoms with Crippen molar-refractivity contribution in [2.24, 2.45) is 0 Å². The molecule has 1 aromatic rings. The molecule has 0 spiro atoms. The molecule has 0 bridgehead atoms. The Labute approximate surface area is 108 Å². The van der Waals surface area contributed by atoms with Gasteiger partial charge in [0.2, 0.25) is 0 Å². The van der Waals surface area contributed by atoms with Gasteiger partial charge in [-0.05, 0) is 38.9 Å². The van der Waals surface area contributed by atoms with Gasteiger partial charge in [0.1, 0.15) is 5.76 Å². The number of aryl methyl sites for hydroxylation is 2. The number of nitrogens with one attached hydrogen (secondary N) is 1. The largest absolute Gasteiger partial charge is 0.361 e. The molecule has 1 fully saturated rings. The fourth-order valence-electron chi connectivity index (χ4n) is 2.51. The molecular formula is C13H22N2OS. The summed E-state index contributed by atoms with van der Waals surface area (Å²) in [6, 6.07) is 0.674. The second-order valence-electron chi connectivity index (χ2n) is 4.77. The normalized spacial score (nSPS) is 24.4. The molecule has 1 heterocycles. The summed E-state index contributed by atoms with van der Waals surface area (Å²) < 4.78 is 5.18. The molecule has 1 saturated carbocycles. The van der Waals surface area contributed by atoms with E-state index in [1.807, 2.05) is 13.8 Å². The number of thioether (sulfide) groups is 1. The summed E-state index contributed by atoms with van der Waals surface area (Å²) in [4.78, 5) is 0. The minimum Gasteiger partial charge on any atom is -0.361 e. The number of aromatic nitrogens is 1. The maximum atomic E-state index is 5.18. The van der Waals surface area contributed by atoms with Gasteiger partial charge in [-0.3, -0.25) is 0 Å². The SMILES string of the molecule is CCSC1CCC(NCc2c(C)noc2C)C1. The van der Waals surface area contributed by atoms with Gasteiger partial charge in [-0.1, -0.05) is 12.1 Å². The zero-order valence-electron chi connectivity index (χ0n) is 11.0. The van der Waals surface area contributed by atoms with E-state index in [9.17, 15) is 0 Å². The summed E-state index contributed by atoms with van der Waals surface area (Å²) in [5.41, 5.74) is 2.25. The zero-order chi connectivity index (χ0) is 12.3. The van der Waals surface area contributed by atoms with E-state index in [0.717, 1.165) is 23.2 Å². The van der Waals surface area contributed by atoms with Crippen LogP contribution < -0.4 is 5.32 Å². The van der Waals surface area contributed by atoms with E-state index >= 15 is 0 Å². The predicted octanol–water partition coefficient (Wildman–Crippen LogP) is 3.06. The molecule has 0 aromatic carbocycles. The summed E-state index contributed by atoms with van der Waals surface area (Å²) in [5, 5.41) is 8.49. The molecule has 2 atom stereocenters. The van der Waals surface area contributed by atoms with Crippen molar-refractivity contribution >= 4 is 11.8 Å². The van der Waals surface area contributed by atoms with Crippen molar-refractivity contribution in [1.29, 1.82) is 0 Å². The fourth-order valence-corrected chi connectivity index (χ4v) is 3.66. The van der Waals surface area contributed by atoms with Gasteiger partial charge in [0, 0.05) is 23.4 Å². The third kappa shape index (κ3) is 3.26. The van der Waals surface area contributed by atoms with Gasteiger partial charge in [0.05, 0.1) is 5.69 Å². The number of rotatable bonds is 5. The molecule has 96 valence electrons.